The summed E-state index contributed by atoms with van der Waals surface area (Å²) in [4.78, 5) is 66.3. The number of rotatable bonds is 13. The molecule has 0 aromatic heterocycles. The fraction of sp³-hybridized carbons (Fsp3) is 0.800. The number of carbonyl (C=O) groups excluding carboxylic acids is 5. The van der Waals surface area contributed by atoms with E-state index < -0.39 is 115 Å². The van der Waals surface area contributed by atoms with Gasteiger partial charge < -0.3 is 58.2 Å². The normalized spacial score (nSPS) is 39.8. The molecule has 3 rings (SSSR count). The van der Waals surface area contributed by atoms with Crippen LogP contribution in [0.1, 0.15) is 108 Å². The Kier molecular flexibility index (Phi) is 20.2. The van der Waals surface area contributed by atoms with E-state index in [1.807, 2.05) is 20.8 Å². The molecule has 16 unspecified atom stereocenters. The molecule has 0 aromatic rings. The second-order valence-corrected chi connectivity index (χ2v) is 18.1. The maximum absolute atomic E-state index is 13.6. The number of cyclic esters (lactones) is 1. The second-order valence-electron chi connectivity index (χ2n) is 18.1. The summed E-state index contributed by atoms with van der Waals surface area (Å²) in [6.45, 7) is 16.7. The van der Waals surface area contributed by atoms with Gasteiger partial charge in [0.15, 0.2) is 24.5 Å². The van der Waals surface area contributed by atoms with Gasteiger partial charge in [0.05, 0.1) is 37.4 Å². The van der Waals surface area contributed by atoms with Crippen molar-refractivity contribution >= 4 is 30.0 Å². The van der Waals surface area contributed by atoms with Gasteiger partial charge in [0.2, 0.25) is 0 Å². The third-order valence-electron chi connectivity index (χ3n) is 11.9. The zero-order valence-corrected chi connectivity index (χ0v) is 38.2. The minimum absolute atomic E-state index is 0.0507. The zero-order valence-electron chi connectivity index (χ0n) is 38.2. The first kappa shape index (κ1) is 52.3. The van der Waals surface area contributed by atoms with Gasteiger partial charge in [-0.2, -0.15) is 0 Å². The molecule has 0 saturated carbocycles. The van der Waals surface area contributed by atoms with Gasteiger partial charge in [-0.1, -0.05) is 52.3 Å². The number of ether oxygens (including phenoxy) is 7. The van der Waals surface area contributed by atoms with E-state index in [-0.39, 0.29) is 50.4 Å². The number of hydrogen-bond acceptors (Lipinski definition) is 16. The van der Waals surface area contributed by atoms with Gasteiger partial charge in [0.25, 0.3) is 0 Å². The number of aliphatic hydroxyl groups is 3. The number of ketones is 1. The quantitative estimate of drug-likeness (QED) is 0.136. The highest BCUT2D eigenvalue weighted by molar-refractivity contribution is 5.91. The summed E-state index contributed by atoms with van der Waals surface area (Å²) in [5, 5.41) is 33.8. The summed E-state index contributed by atoms with van der Waals surface area (Å²) >= 11 is 0. The Morgan fingerprint density at radius 3 is 2.26 bits per heavy atom. The summed E-state index contributed by atoms with van der Waals surface area (Å²) < 4.78 is 43.0. The number of aliphatic hydroxyl groups excluding tert-OH is 2. The van der Waals surface area contributed by atoms with Gasteiger partial charge in [0, 0.05) is 43.9 Å². The molecule has 0 bridgehead atoms. The van der Waals surface area contributed by atoms with Crippen molar-refractivity contribution in [3.05, 3.63) is 23.8 Å². The number of carbonyl (C=O) groups is 5. The van der Waals surface area contributed by atoms with E-state index in [0.29, 0.717) is 18.3 Å². The van der Waals surface area contributed by atoms with Crippen LogP contribution in [0.5, 0.6) is 0 Å². The monoisotopic (exact) mass is 867 g/mol. The van der Waals surface area contributed by atoms with Crippen molar-refractivity contribution in [1.82, 2.24) is 4.90 Å². The topological polar surface area (TPSA) is 214 Å². The molecular weight excluding hydrogens is 794 g/mol. The molecule has 3 aliphatic rings. The van der Waals surface area contributed by atoms with Crippen molar-refractivity contribution in [2.24, 2.45) is 29.6 Å². The predicted molar refractivity (Wildman–Crippen MR) is 222 cm³/mol. The summed E-state index contributed by atoms with van der Waals surface area (Å²) in [5.74, 6) is -4.62. The third-order valence-corrected chi connectivity index (χ3v) is 11.9. The number of esters is 3. The molecule has 16 atom stereocenters. The molecule has 16 heteroatoms. The number of allylic oxidation sites excluding steroid dienone is 3. The summed E-state index contributed by atoms with van der Waals surface area (Å²) in [7, 11) is 3.50. The molecule has 2 saturated heterocycles. The Morgan fingerprint density at radius 2 is 1.70 bits per heavy atom. The molecule has 0 spiro atoms. The van der Waals surface area contributed by atoms with E-state index in [9.17, 15) is 39.3 Å². The van der Waals surface area contributed by atoms with Gasteiger partial charge >= 0.3 is 17.9 Å². The van der Waals surface area contributed by atoms with E-state index in [1.54, 1.807) is 72.7 Å². The zero-order chi connectivity index (χ0) is 45.9. The average molecular weight is 868 g/mol. The molecule has 3 aliphatic heterocycles. The van der Waals surface area contributed by atoms with Gasteiger partial charge in [-0.25, -0.2) is 0 Å². The van der Waals surface area contributed by atoms with E-state index in [4.69, 9.17) is 33.2 Å². The van der Waals surface area contributed by atoms with Crippen molar-refractivity contribution in [3.8, 4) is 0 Å². The Labute approximate surface area is 361 Å². The van der Waals surface area contributed by atoms with Crippen LogP contribution in [0.4, 0.5) is 0 Å². The Bertz CT molecular complexity index is 1530. The van der Waals surface area contributed by atoms with Gasteiger partial charge in [-0.3, -0.25) is 19.2 Å². The van der Waals surface area contributed by atoms with Crippen LogP contribution in [0.3, 0.4) is 0 Å². The van der Waals surface area contributed by atoms with Crippen molar-refractivity contribution in [3.63, 3.8) is 0 Å². The molecule has 3 heterocycles. The second kappa shape index (κ2) is 23.6. The Balaban J connectivity index is 1.99. The van der Waals surface area contributed by atoms with E-state index >= 15 is 0 Å². The molecule has 0 radical (unpaired) electrons. The van der Waals surface area contributed by atoms with E-state index in [2.05, 4.69) is 0 Å². The van der Waals surface area contributed by atoms with Crippen LogP contribution >= 0.6 is 0 Å². The van der Waals surface area contributed by atoms with E-state index in [1.165, 1.54) is 13.0 Å². The van der Waals surface area contributed by atoms with Crippen molar-refractivity contribution in [2.45, 2.75) is 181 Å². The van der Waals surface area contributed by atoms with Crippen LogP contribution in [-0.4, -0.2) is 144 Å². The lowest BCUT2D eigenvalue weighted by Gasteiger charge is -2.50. The third kappa shape index (κ3) is 14.7. The minimum atomic E-state index is -1.51. The summed E-state index contributed by atoms with van der Waals surface area (Å²) in [6.07, 6.45) is -4.13. The Hall–Kier alpha value is -3.09. The van der Waals surface area contributed by atoms with Crippen LogP contribution in [0.25, 0.3) is 0 Å². The first-order valence-corrected chi connectivity index (χ1v) is 21.7. The van der Waals surface area contributed by atoms with E-state index in [0.717, 1.165) is 0 Å². The van der Waals surface area contributed by atoms with Crippen molar-refractivity contribution < 1.29 is 72.5 Å². The number of hydrogen-bond donors (Lipinski definition) is 3. The molecule has 16 nitrogen and oxygen atoms in total. The molecule has 0 aromatic carbocycles. The van der Waals surface area contributed by atoms with Crippen LogP contribution in [0, 0.1) is 29.6 Å². The fourth-order valence-corrected chi connectivity index (χ4v) is 8.77. The van der Waals surface area contributed by atoms with Crippen LogP contribution in [0.15, 0.2) is 23.8 Å². The lowest BCUT2D eigenvalue weighted by molar-refractivity contribution is -0.342. The molecule has 61 heavy (non-hydrogen) atoms. The highest BCUT2D eigenvalue weighted by Gasteiger charge is 2.52. The van der Waals surface area contributed by atoms with Crippen molar-refractivity contribution in [2.75, 3.05) is 20.7 Å². The molecule has 0 amide bonds. The highest BCUT2D eigenvalue weighted by atomic mass is 16.7. The number of nitrogens with zero attached hydrogens (tertiary/aromatic N) is 1. The van der Waals surface area contributed by atoms with Crippen LogP contribution < -0.4 is 0 Å². The predicted octanol–water partition coefficient (Wildman–Crippen LogP) is 3.84. The van der Waals surface area contributed by atoms with Gasteiger partial charge in [0.1, 0.15) is 36.3 Å². The fourth-order valence-electron chi connectivity index (χ4n) is 8.77. The van der Waals surface area contributed by atoms with Gasteiger partial charge in [-0.15, -0.1) is 0 Å². The average Bonchev–Trinajstić information content (AvgIpc) is 3.15. The summed E-state index contributed by atoms with van der Waals surface area (Å²) in [6, 6.07) is -0.781. The van der Waals surface area contributed by atoms with Crippen molar-refractivity contribution in [1.29, 1.82) is 0 Å². The molecule has 348 valence electrons. The van der Waals surface area contributed by atoms with Crippen LogP contribution in [-0.2, 0) is 57.1 Å². The largest absolute Gasteiger partial charge is 0.462 e. The standard InChI is InChI=1S/C45H73NO15/c1-13-34-32(23-48)19-25(4)14-15-33(50)26(5)20-31(16-17-47)41(27(6)35(57-30(9)49)21-37(52)58-34)61-44-40(53)39(46(11)12)42(28(7)56-44)60-38-22-45(10,54)43(29(8)55-38)59-36(51)18-24(2)3/h14-15,17,19,24,26-29,31-32,34-35,38-44,48,53-54H,13,16,18,20-23H2,1-12H3/b15-14-,25-19+. The maximum atomic E-state index is 13.6. The van der Waals surface area contributed by atoms with Crippen LogP contribution in [0.2, 0.25) is 0 Å². The highest BCUT2D eigenvalue weighted by Crippen LogP contribution is 2.38. The SMILES string of the molecule is CCC1OC(=O)CC(OC(C)=O)C(C)C(OC2OC(C)C(OC3CC(C)(O)C(OC(=O)CC(C)C)C(C)O3)C(N(C)C)C2O)C(CC=O)CC(C)C(=O)/C=C\C(C)=C\C1CO. The molecule has 2 fully saturated rings. The first-order valence-electron chi connectivity index (χ1n) is 21.7. The number of aldehydes is 1. The maximum Gasteiger partial charge on any atom is 0.309 e. The minimum Gasteiger partial charge on any atom is -0.462 e. The first-order chi connectivity index (χ1) is 28.5. The molecular formula is C45H73NO15. The number of likely N-dealkylation sites (N-methyl/N-ethyl adjacent to an activating group) is 1. The molecule has 0 aliphatic carbocycles. The molecule has 3 N–H and O–H groups in total. The summed E-state index contributed by atoms with van der Waals surface area (Å²) in [5.41, 5.74) is -0.831. The smallest absolute Gasteiger partial charge is 0.309 e. The lowest BCUT2D eigenvalue weighted by Crippen LogP contribution is -2.65. The lowest BCUT2D eigenvalue weighted by atomic mass is 9.79. The Morgan fingerprint density at radius 1 is 1.03 bits per heavy atom. The van der Waals surface area contributed by atoms with Gasteiger partial charge in [-0.05, 0) is 72.5 Å².